The molecule has 1 heterocycles. The summed E-state index contributed by atoms with van der Waals surface area (Å²) in [4.78, 5) is 25.3. The number of hydrogen-bond acceptors (Lipinski definition) is 5. The highest BCUT2D eigenvalue weighted by atomic mass is 16.5. The molecule has 3 aromatic carbocycles. The number of aromatic nitrogens is 1. The van der Waals surface area contributed by atoms with Crippen LogP contribution in [0.15, 0.2) is 82.1 Å². The fraction of sp³-hybridized carbons (Fsp3) is 0.160. The van der Waals surface area contributed by atoms with Crippen LogP contribution in [0.1, 0.15) is 22.4 Å². The molecular weight excluding hydrogens is 392 g/mol. The first kappa shape index (κ1) is 20.5. The molecule has 0 saturated heterocycles. The Kier molecular flexibility index (Phi) is 5.40. The first-order chi connectivity index (χ1) is 14.9. The van der Waals surface area contributed by atoms with Crippen LogP contribution in [0.3, 0.4) is 0 Å². The summed E-state index contributed by atoms with van der Waals surface area (Å²) in [7, 11) is 0. The highest BCUT2D eigenvalue weighted by Gasteiger charge is 2.38. The Labute approximate surface area is 179 Å². The van der Waals surface area contributed by atoms with E-state index in [0.29, 0.717) is 27.7 Å². The molecule has 6 nitrogen and oxygen atoms in total. The first-order valence-electron chi connectivity index (χ1n) is 9.93. The lowest BCUT2D eigenvalue weighted by Gasteiger charge is -2.28. The second-order valence-electron chi connectivity index (χ2n) is 7.60. The average molecular weight is 414 g/mol. The molecule has 0 spiro atoms. The molecule has 0 aliphatic carbocycles. The summed E-state index contributed by atoms with van der Waals surface area (Å²) in [6.45, 7) is 3.67. The van der Waals surface area contributed by atoms with Crippen LogP contribution in [0.2, 0.25) is 0 Å². The number of benzene rings is 3. The van der Waals surface area contributed by atoms with Gasteiger partial charge in [-0.2, -0.15) is 0 Å². The van der Waals surface area contributed by atoms with Gasteiger partial charge in [-0.15, -0.1) is 0 Å². The molecule has 1 aromatic heterocycles. The Balaban J connectivity index is 1.73. The van der Waals surface area contributed by atoms with Gasteiger partial charge in [-0.25, -0.2) is 4.79 Å². The van der Waals surface area contributed by atoms with Gasteiger partial charge in [-0.05, 0) is 48.7 Å². The van der Waals surface area contributed by atoms with Crippen molar-refractivity contribution in [2.24, 2.45) is 0 Å². The Morgan fingerprint density at radius 1 is 1.00 bits per heavy atom. The normalized spacial score (nSPS) is 13.0. The largest absolute Gasteiger partial charge is 0.375 e. The second kappa shape index (κ2) is 8.16. The number of aliphatic hydroxyl groups is 1. The van der Waals surface area contributed by atoms with E-state index in [1.54, 1.807) is 49.4 Å². The summed E-state index contributed by atoms with van der Waals surface area (Å²) in [5.41, 5.74) is 1.01. The van der Waals surface area contributed by atoms with Crippen LogP contribution in [-0.2, 0) is 16.8 Å². The van der Waals surface area contributed by atoms with Crippen LogP contribution < -0.4 is 10.9 Å². The molecule has 31 heavy (non-hydrogen) atoms. The molecule has 4 aromatic rings. The third-order valence-electron chi connectivity index (χ3n) is 5.49. The van der Waals surface area contributed by atoms with Crippen LogP contribution in [0.4, 0.5) is 5.69 Å². The fourth-order valence-electron chi connectivity index (χ4n) is 3.65. The smallest absolute Gasteiger partial charge is 0.366 e. The molecule has 0 aliphatic heterocycles. The number of carbonyl (C=O) groups is 1. The van der Waals surface area contributed by atoms with Crippen molar-refractivity contribution in [3.63, 3.8) is 0 Å². The van der Waals surface area contributed by atoms with Crippen LogP contribution in [-0.4, -0.2) is 16.2 Å². The van der Waals surface area contributed by atoms with Crippen molar-refractivity contribution < 1.29 is 14.4 Å². The lowest BCUT2D eigenvalue weighted by molar-refractivity contribution is -0.135. The van der Waals surface area contributed by atoms with Gasteiger partial charge in [0.05, 0.1) is 11.1 Å². The third-order valence-corrected chi connectivity index (χ3v) is 5.49. The number of rotatable bonds is 5. The zero-order chi connectivity index (χ0) is 22.0. The minimum Gasteiger partial charge on any atom is -0.375 e. The molecule has 4 rings (SSSR count). The number of nitrogens with one attached hydrogen (secondary N) is 1. The Bertz CT molecular complexity index is 1310. The molecular formula is C25H22N2O4. The van der Waals surface area contributed by atoms with Crippen molar-refractivity contribution in [1.82, 2.24) is 5.16 Å². The van der Waals surface area contributed by atoms with Crippen molar-refractivity contribution in [2.45, 2.75) is 25.9 Å². The maximum Gasteiger partial charge on any atom is 0.366 e. The van der Waals surface area contributed by atoms with Crippen LogP contribution in [0, 0.1) is 13.8 Å². The van der Waals surface area contributed by atoms with Crippen LogP contribution in [0.5, 0.6) is 0 Å². The molecule has 1 atom stereocenters. The molecule has 0 bridgehead atoms. The van der Waals surface area contributed by atoms with E-state index in [4.69, 9.17) is 4.52 Å². The maximum absolute atomic E-state index is 13.4. The van der Waals surface area contributed by atoms with Gasteiger partial charge < -0.3 is 14.9 Å². The SMILES string of the molecule is Cc1ccccc1CC(O)(C(=O)Nc1ccc2c(=O)onc(C)c2c1)c1ccccc1. The van der Waals surface area contributed by atoms with E-state index in [2.05, 4.69) is 10.5 Å². The summed E-state index contributed by atoms with van der Waals surface area (Å²) in [5, 5.41) is 19.1. The van der Waals surface area contributed by atoms with E-state index in [-0.39, 0.29) is 6.42 Å². The number of hydrogen-bond donors (Lipinski definition) is 2. The molecule has 156 valence electrons. The molecule has 0 saturated carbocycles. The van der Waals surface area contributed by atoms with Crippen LogP contribution in [0.25, 0.3) is 10.8 Å². The van der Waals surface area contributed by atoms with E-state index in [1.807, 2.05) is 37.3 Å². The maximum atomic E-state index is 13.4. The third kappa shape index (κ3) is 3.98. The standard InChI is InChI=1S/C25H22N2O4/c1-16-8-6-7-9-18(16)15-25(30,19-10-4-3-5-11-19)24(29)26-20-12-13-21-22(14-20)17(2)27-31-23(21)28/h3-14,30H,15H2,1-2H3,(H,26,29). The number of fused-ring (bicyclic) bond motifs is 1. The van der Waals surface area contributed by atoms with Gasteiger partial charge in [-0.1, -0.05) is 59.8 Å². The molecule has 2 N–H and O–H groups in total. The minimum absolute atomic E-state index is 0.118. The van der Waals surface area contributed by atoms with Crippen molar-refractivity contribution in [3.05, 3.63) is 106 Å². The highest BCUT2D eigenvalue weighted by Crippen LogP contribution is 2.29. The zero-order valence-electron chi connectivity index (χ0n) is 17.3. The highest BCUT2D eigenvalue weighted by molar-refractivity contribution is 6.00. The van der Waals surface area contributed by atoms with Gasteiger partial charge in [0.25, 0.3) is 5.91 Å². The van der Waals surface area contributed by atoms with E-state index in [1.165, 1.54) is 0 Å². The van der Waals surface area contributed by atoms with Gasteiger partial charge in [0.2, 0.25) is 0 Å². The summed E-state index contributed by atoms with van der Waals surface area (Å²) in [6.07, 6.45) is 0.118. The van der Waals surface area contributed by atoms with Crippen molar-refractivity contribution in [2.75, 3.05) is 5.32 Å². The molecule has 0 radical (unpaired) electrons. The van der Waals surface area contributed by atoms with Gasteiger partial charge in [0.15, 0.2) is 5.60 Å². The van der Waals surface area contributed by atoms with Gasteiger partial charge >= 0.3 is 5.63 Å². The fourth-order valence-corrected chi connectivity index (χ4v) is 3.65. The molecule has 0 fully saturated rings. The van der Waals surface area contributed by atoms with Crippen LogP contribution >= 0.6 is 0 Å². The number of carbonyl (C=O) groups excluding carboxylic acids is 1. The molecule has 1 unspecified atom stereocenters. The van der Waals surface area contributed by atoms with E-state index in [0.717, 1.165) is 11.1 Å². The summed E-state index contributed by atoms with van der Waals surface area (Å²) >= 11 is 0. The topological polar surface area (TPSA) is 92.4 Å². The minimum atomic E-state index is -1.79. The summed E-state index contributed by atoms with van der Waals surface area (Å²) in [5.74, 6) is -0.560. The van der Waals surface area contributed by atoms with E-state index in [9.17, 15) is 14.7 Å². The van der Waals surface area contributed by atoms with Crippen molar-refractivity contribution >= 4 is 22.4 Å². The Morgan fingerprint density at radius 3 is 2.45 bits per heavy atom. The molecule has 6 heteroatoms. The predicted molar refractivity (Wildman–Crippen MR) is 119 cm³/mol. The quantitative estimate of drug-likeness (QED) is 0.517. The molecule has 0 aliphatic rings. The lowest BCUT2D eigenvalue weighted by atomic mass is 9.85. The number of anilines is 1. The number of nitrogens with zero attached hydrogens (tertiary/aromatic N) is 1. The zero-order valence-corrected chi connectivity index (χ0v) is 17.3. The van der Waals surface area contributed by atoms with Gasteiger partial charge in [-0.3, -0.25) is 4.79 Å². The second-order valence-corrected chi connectivity index (χ2v) is 7.60. The average Bonchev–Trinajstić information content (AvgIpc) is 2.78. The van der Waals surface area contributed by atoms with E-state index >= 15 is 0 Å². The van der Waals surface area contributed by atoms with E-state index < -0.39 is 17.1 Å². The monoisotopic (exact) mass is 414 g/mol. The Morgan fingerprint density at radius 2 is 1.71 bits per heavy atom. The summed E-state index contributed by atoms with van der Waals surface area (Å²) in [6, 6.07) is 21.4. The Hall–Kier alpha value is -3.77. The number of amides is 1. The number of aryl methyl sites for hydroxylation is 2. The molecule has 1 amide bonds. The van der Waals surface area contributed by atoms with Gasteiger partial charge in [0.1, 0.15) is 0 Å². The first-order valence-corrected chi connectivity index (χ1v) is 9.93. The summed E-state index contributed by atoms with van der Waals surface area (Å²) < 4.78 is 4.75. The predicted octanol–water partition coefficient (Wildman–Crippen LogP) is 3.87. The van der Waals surface area contributed by atoms with Crippen molar-refractivity contribution in [3.8, 4) is 0 Å². The van der Waals surface area contributed by atoms with Gasteiger partial charge in [0, 0.05) is 17.5 Å². The lowest BCUT2D eigenvalue weighted by Crippen LogP contribution is -2.42. The van der Waals surface area contributed by atoms with Crippen molar-refractivity contribution in [1.29, 1.82) is 0 Å².